The number of fused-ring (bicyclic) bond motifs is 1. The van der Waals surface area contributed by atoms with E-state index in [0.717, 1.165) is 18.4 Å². The highest BCUT2D eigenvalue weighted by atomic mass is 16.3. The lowest BCUT2D eigenvalue weighted by Gasteiger charge is -2.17. The van der Waals surface area contributed by atoms with Gasteiger partial charge in [0.05, 0.1) is 6.10 Å². The maximum Gasteiger partial charge on any atom is 0.314 e. The number of carbonyl (C=O) groups is 1. The van der Waals surface area contributed by atoms with Crippen molar-refractivity contribution in [2.75, 3.05) is 13.1 Å². The Morgan fingerprint density at radius 3 is 2.86 bits per heavy atom. The van der Waals surface area contributed by atoms with Crippen molar-refractivity contribution in [3.63, 3.8) is 0 Å². The minimum absolute atomic E-state index is 0.187. The van der Waals surface area contributed by atoms with E-state index in [1.807, 2.05) is 38.2 Å². The van der Waals surface area contributed by atoms with Crippen molar-refractivity contribution in [3.05, 3.63) is 36.0 Å². The molecular formula is C17H25N3O2. The standard InChI is InChI=1S/C17H25N3O2/c1-3-12(2)16(21)11-20-17(22)18-9-8-13-10-19-15-7-5-4-6-14(13)15/h4-7,10,12,16,19,21H,3,8-9,11H2,1-2H3,(H2,18,20,22). The minimum Gasteiger partial charge on any atom is -0.391 e. The number of aliphatic hydroxyl groups is 1. The second-order valence-corrected chi connectivity index (χ2v) is 5.70. The summed E-state index contributed by atoms with van der Waals surface area (Å²) >= 11 is 0. The van der Waals surface area contributed by atoms with Crippen LogP contribution in [0.2, 0.25) is 0 Å². The molecule has 1 aromatic carbocycles. The lowest BCUT2D eigenvalue weighted by atomic mass is 10.0. The smallest absolute Gasteiger partial charge is 0.314 e. The number of H-pyrrole nitrogens is 1. The fourth-order valence-electron chi connectivity index (χ4n) is 2.38. The third kappa shape index (κ3) is 4.24. The molecule has 0 bridgehead atoms. The van der Waals surface area contributed by atoms with Crippen LogP contribution in [0.15, 0.2) is 30.5 Å². The van der Waals surface area contributed by atoms with Gasteiger partial charge in [0.1, 0.15) is 0 Å². The molecule has 0 aliphatic rings. The van der Waals surface area contributed by atoms with Crippen molar-refractivity contribution >= 4 is 16.9 Å². The number of aromatic amines is 1. The number of hydrogen-bond donors (Lipinski definition) is 4. The molecule has 2 rings (SSSR count). The zero-order valence-corrected chi connectivity index (χ0v) is 13.2. The van der Waals surface area contributed by atoms with Gasteiger partial charge in [-0.15, -0.1) is 0 Å². The van der Waals surface area contributed by atoms with Crippen LogP contribution in [0.5, 0.6) is 0 Å². The summed E-state index contributed by atoms with van der Waals surface area (Å²) < 4.78 is 0. The highest BCUT2D eigenvalue weighted by Crippen LogP contribution is 2.17. The highest BCUT2D eigenvalue weighted by Gasteiger charge is 2.13. The summed E-state index contributed by atoms with van der Waals surface area (Å²) in [6.45, 7) is 4.84. The Labute approximate surface area is 131 Å². The molecule has 2 atom stereocenters. The van der Waals surface area contributed by atoms with Gasteiger partial charge in [-0.05, 0) is 24.0 Å². The van der Waals surface area contributed by atoms with Crippen LogP contribution in [0.3, 0.4) is 0 Å². The van der Waals surface area contributed by atoms with Crippen LogP contribution in [0.25, 0.3) is 10.9 Å². The Morgan fingerprint density at radius 1 is 1.32 bits per heavy atom. The van der Waals surface area contributed by atoms with E-state index >= 15 is 0 Å². The molecule has 0 fully saturated rings. The molecule has 120 valence electrons. The summed E-state index contributed by atoms with van der Waals surface area (Å²) in [5.74, 6) is 0.187. The largest absolute Gasteiger partial charge is 0.391 e. The number of aliphatic hydroxyl groups excluding tert-OH is 1. The Hall–Kier alpha value is -2.01. The van der Waals surface area contributed by atoms with Crippen LogP contribution >= 0.6 is 0 Å². The summed E-state index contributed by atoms with van der Waals surface area (Å²) in [5.41, 5.74) is 2.30. The third-order valence-corrected chi connectivity index (χ3v) is 4.13. The predicted octanol–water partition coefficient (Wildman–Crippen LogP) is 2.42. The number of amides is 2. The molecule has 5 nitrogen and oxygen atoms in total. The number of benzene rings is 1. The van der Waals surface area contributed by atoms with Gasteiger partial charge in [-0.3, -0.25) is 0 Å². The average molecular weight is 303 g/mol. The Balaban J connectivity index is 1.73. The lowest BCUT2D eigenvalue weighted by molar-refractivity contribution is 0.114. The van der Waals surface area contributed by atoms with Crippen molar-refractivity contribution in [1.82, 2.24) is 15.6 Å². The first kappa shape index (κ1) is 16.4. The molecule has 2 unspecified atom stereocenters. The topological polar surface area (TPSA) is 77.2 Å². The Bertz CT molecular complexity index is 609. The first-order valence-corrected chi connectivity index (χ1v) is 7.86. The summed E-state index contributed by atoms with van der Waals surface area (Å²) in [6.07, 6.45) is 3.15. The zero-order chi connectivity index (χ0) is 15.9. The molecule has 22 heavy (non-hydrogen) atoms. The van der Waals surface area contributed by atoms with E-state index in [4.69, 9.17) is 0 Å². The summed E-state index contributed by atoms with van der Waals surface area (Å²) in [6, 6.07) is 7.88. The molecule has 2 aromatic rings. The van der Waals surface area contributed by atoms with Crippen LogP contribution in [0, 0.1) is 5.92 Å². The number of urea groups is 1. The van der Waals surface area contributed by atoms with Crippen LogP contribution < -0.4 is 10.6 Å². The lowest BCUT2D eigenvalue weighted by Crippen LogP contribution is -2.42. The molecule has 4 N–H and O–H groups in total. The van der Waals surface area contributed by atoms with Gasteiger partial charge in [0, 0.05) is 30.2 Å². The predicted molar refractivity (Wildman–Crippen MR) is 88.9 cm³/mol. The van der Waals surface area contributed by atoms with E-state index in [1.165, 1.54) is 10.9 Å². The van der Waals surface area contributed by atoms with Crippen molar-refractivity contribution in [1.29, 1.82) is 0 Å². The minimum atomic E-state index is -0.496. The normalized spacial score (nSPS) is 13.8. The van der Waals surface area contributed by atoms with Gasteiger partial charge in [-0.1, -0.05) is 38.5 Å². The SMILES string of the molecule is CCC(C)C(O)CNC(=O)NCCc1c[nH]c2ccccc12. The van der Waals surface area contributed by atoms with Crippen LogP contribution in [0.4, 0.5) is 4.79 Å². The van der Waals surface area contributed by atoms with Gasteiger partial charge >= 0.3 is 6.03 Å². The number of rotatable bonds is 7. The highest BCUT2D eigenvalue weighted by molar-refractivity contribution is 5.83. The molecular weight excluding hydrogens is 278 g/mol. The van der Waals surface area contributed by atoms with Gasteiger partial charge in [-0.2, -0.15) is 0 Å². The van der Waals surface area contributed by atoms with Gasteiger partial charge < -0.3 is 20.7 Å². The van der Waals surface area contributed by atoms with Crippen LogP contribution in [0.1, 0.15) is 25.8 Å². The second kappa shape index (κ2) is 7.84. The Morgan fingerprint density at radius 2 is 2.09 bits per heavy atom. The molecule has 5 heteroatoms. The maximum atomic E-state index is 11.7. The zero-order valence-electron chi connectivity index (χ0n) is 13.2. The molecule has 1 aromatic heterocycles. The molecule has 0 aliphatic carbocycles. The number of aromatic nitrogens is 1. The van der Waals surface area contributed by atoms with Crippen molar-refractivity contribution < 1.29 is 9.90 Å². The summed E-state index contributed by atoms with van der Waals surface area (Å²) in [5, 5.41) is 16.5. The number of hydrogen-bond acceptors (Lipinski definition) is 2. The number of carbonyl (C=O) groups excluding carboxylic acids is 1. The van der Waals surface area contributed by atoms with E-state index in [2.05, 4.69) is 21.7 Å². The maximum absolute atomic E-state index is 11.7. The van der Waals surface area contributed by atoms with Crippen LogP contribution in [-0.4, -0.2) is 35.3 Å². The fraction of sp³-hybridized carbons (Fsp3) is 0.471. The molecule has 0 saturated heterocycles. The van der Waals surface area contributed by atoms with Crippen molar-refractivity contribution in [2.45, 2.75) is 32.8 Å². The number of nitrogens with one attached hydrogen (secondary N) is 3. The van der Waals surface area contributed by atoms with Gasteiger partial charge in [0.15, 0.2) is 0 Å². The van der Waals surface area contributed by atoms with Gasteiger partial charge in [0.25, 0.3) is 0 Å². The van der Waals surface area contributed by atoms with Crippen LogP contribution in [-0.2, 0) is 6.42 Å². The quantitative estimate of drug-likeness (QED) is 0.634. The molecule has 1 heterocycles. The van der Waals surface area contributed by atoms with Gasteiger partial charge in [-0.25, -0.2) is 4.79 Å². The molecule has 2 amide bonds. The monoisotopic (exact) mass is 303 g/mol. The van der Waals surface area contributed by atoms with E-state index in [0.29, 0.717) is 6.54 Å². The molecule has 0 saturated carbocycles. The molecule has 0 aliphatic heterocycles. The summed E-state index contributed by atoms with van der Waals surface area (Å²) in [4.78, 5) is 14.9. The van der Waals surface area contributed by atoms with E-state index in [9.17, 15) is 9.90 Å². The molecule has 0 radical (unpaired) electrons. The first-order valence-electron chi connectivity index (χ1n) is 7.86. The average Bonchev–Trinajstić information content (AvgIpc) is 2.95. The van der Waals surface area contributed by atoms with E-state index < -0.39 is 6.10 Å². The van der Waals surface area contributed by atoms with E-state index in [-0.39, 0.29) is 18.5 Å². The van der Waals surface area contributed by atoms with Gasteiger partial charge in [0.2, 0.25) is 0 Å². The first-order chi connectivity index (χ1) is 10.6. The third-order valence-electron chi connectivity index (χ3n) is 4.13. The Kier molecular flexibility index (Phi) is 5.83. The number of para-hydroxylation sites is 1. The van der Waals surface area contributed by atoms with Crippen molar-refractivity contribution in [2.24, 2.45) is 5.92 Å². The summed E-state index contributed by atoms with van der Waals surface area (Å²) in [7, 11) is 0. The fourth-order valence-corrected chi connectivity index (χ4v) is 2.38. The van der Waals surface area contributed by atoms with E-state index in [1.54, 1.807) is 0 Å². The second-order valence-electron chi connectivity index (χ2n) is 5.70. The van der Waals surface area contributed by atoms with Crippen molar-refractivity contribution in [3.8, 4) is 0 Å². The molecule has 0 spiro atoms.